The maximum Gasteiger partial charge on any atom is 0.408 e. The number of halogens is 1. The summed E-state index contributed by atoms with van der Waals surface area (Å²) in [6.07, 6.45) is 2.46. The normalized spacial score (nSPS) is 14.3. The molecule has 4 rings (SSSR count). The molecule has 2 atom stereocenters. The number of rotatable bonds is 10. The van der Waals surface area contributed by atoms with E-state index in [0.717, 1.165) is 11.1 Å². The van der Waals surface area contributed by atoms with Crippen LogP contribution in [-0.4, -0.2) is 45.6 Å². The van der Waals surface area contributed by atoms with Gasteiger partial charge in [0.1, 0.15) is 23.4 Å². The first-order chi connectivity index (χ1) is 20.4. The summed E-state index contributed by atoms with van der Waals surface area (Å²) in [4.78, 5) is 43.3. The van der Waals surface area contributed by atoms with Crippen LogP contribution in [0.1, 0.15) is 61.9 Å². The number of hydrogen-bond acceptors (Lipinski definition) is 5. The molecular formula is C34H38ClN3O5. The second kappa shape index (κ2) is 13.3. The second-order valence-electron chi connectivity index (χ2n) is 11.7. The van der Waals surface area contributed by atoms with Crippen molar-refractivity contribution in [3.8, 4) is 5.75 Å². The number of alkyl carbamates (subject to hydrolysis) is 1. The second-order valence-corrected chi connectivity index (χ2v) is 12.2. The lowest BCUT2D eigenvalue weighted by Gasteiger charge is -2.35. The number of nitrogens with zero attached hydrogens (tertiary/aromatic N) is 1. The van der Waals surface area contributed by atoms with Crippen molar-refractivity contribution in [1.82, 2.24) is 10.2 Å². The molecule has 226 valence electrons. The Morgan fingerprint density at radius 3 is 2.37 bits per heavy atom. The lowest BCUT2D eigenvalue weighted by molar-refractivity contribution is -0.141. The molecule has 3 aromatic carbocycles. The van der Waals surface area contributed by atoms with Crippen molar-refractivity contribution in [1.29, 1.82) is 0 Å². The van der Waals surface area contributed by atoms with E-state index >= 15 is 0 Å². The van der Waals surface area contributed by atoms with Crippen LogP contribution in [-0.2, 0) is 20.7 Å². The number of carbonyl (C=O) groups excluding carboxylic acids is 3. The van der Waals surface area contributed by atoms with Crippen LogP contribution in [0.25, 0.3) is 6.08 Å². The van der Waals surface area contributed by atoms with Crippen molar-refractivity contribution in [3.05, 3.63) is 101 Å². The van der Waals surface area contributed by atoms with E-state index in [2.05, 4.69) is 17.2 Å². The summed E-state index contributed by atoms with van der Waals surface area (Å²) in [5.41, 5.74) is 2.56. The molecule has 0 radical (unpaired) electrons. The highest BCUT2D eigenvalue weighted by Gasteiger charge is 2.44. The highest BCUT2D eigenvalue weighted by Crippen LogP contribution is 2.37. The largest absolute Gasteiger partial charge is 0.508 e. The molecule has 3 N–H and O–H groups in total. The van der Waals surface area contributed by atoms with Crippen LogP contribution < -0.4 is 10.6 Å². The van der Waals surface area contributed by atoms with E-state index < -0.39 is 35.6 Å². The van der Waals surface area contributed by atoms with Crippen LogP contribution in [0, 0.1) is 6.92 Å². The van der Waals surface area contributed by atoms with Crippen molar-refractivity contribution in [2.75, 3.05) is 5.32 Å². The fourth-order valence-corrected chi connectivity index (χ4v) is 5.11. The highest BCUT2D eigenvalue weighted by molar-refractivity contribution is 6.34. The predicted octanol–water partition coefficient (Wildman–Crippen LogP) is 6.80. The zero-order chi connectivity index (χ0) is 31.3. The van der Waals surface area contributed by atoms with Gasteiger partial charge in [-0.2, -0.15) is 0 Å². The average molecular weight is 604 g/mol. The van der Waals surface area contributed by atoms with Crippen molar-refractivity contribution >= 4 is 41.3 Å². The maximum atomic E-state index is 14.5. The SMILES string of the molecule is C=Cc1cccc(C(C(=O)Nc2c(C)cccc2Cl)N(C(=O)C(Cc2ccc(O)cc2)NC(=O)OC(C)(C)C)C2CC2)c1. The first-order valence-electron chi connectivity index (χ1n) is 14.2. The van der Waals surface area contributed by atoms with Crippen LogP contribution in [0.15, 0.2) is 73.3 Å². The Hall–Kier alpha value is -4.30. The smallest absolute Gasteiger partial charge is 0.408 e. The third-order valence-corrected chi connectivity index (χ3v) is 7.33. The first kappa shape index (κ1) is 31.6. The van der Waals surface area contributed by atoms with Gasteiger partial charge in [0.25, 0.3) is 5.91 Å². The number of aromatic hydroxyl groups is 1. The molecule has 2 unspecified atom stereocenters. The van der Waals surface area contributed by atoms with E-state index in [4.69, 9.17) is 16.3 Å². The molecule has 0 spiro atoms. The summed E-state index contributed by atoms with van der Waals surface area (Å²) in [5, 5.41) is 15.9. The number of amides is 3. The standard InChI is InChI=1S/C34H38ClN3O5/c1-6-22-10-8-11-24(19-22)30(31(40)37-29-21(2)9-7-12-27(29)35)38(25-15-16-25)32(41)28(36-33(42)43-34(3,4)5)20-23-13-17-26(39)18-14-23/h6-14,17-19,25,28,30,39H,1,15-16,20H2,2-5H3,(H,36,42)(H,37,40). The summed E-state index contributed by atoms with van der Waals surface area (Å²) in [6.45, 7) is 10.9. The van der Waals surface area contributed by atoms with Gasteiger partial charge in [0.2, 0.25) is 5.91 Å². The van der Waals surface area contributed by atoms with Gasteiger partial charge in [-0.25, -0.2) is 4.79 Å². The van der Waals surface area contributed by atoms with Gasteiger partial charge in [-0.3, -0.25) is 9.59 Å². The molecule has 0 heterocycles. The number of carbonyl (C=O) groups is 3. The molecule has 0 saturated heterocycles. The predicted molar refractivity (Wildman–Crippen MR) is 169 cm³/mol. The number of aryl methyl sites for hydroxylation is 1. The zero-order valence-corrected chi connectivity index (χ0v) is 25.6. The van der Waals surface area contributed by atoms with Gasteiger partial charge in [0.15, 0.2) is 0 Å². The third kappa shape index (κ3) is 8.38. The topological polar surface area (TPSA) is 108 Å². The lowest BCUT2D eigenvalue weighted by Crippen LogP contribution is -2.54. The molecule has 43 heavy (non-hydrogen) atoms. The minimum Gasteiger partial charge on any atom is -0.508 e. The van der Waals surface area contributed by atoms with Crippen molar-refractivity contribution in [3.63, 3.8) is 0 Å². The van der Waals surface area contributed by atoms with Gasteiger partial charge >= 0.3 is 6.09 Å². The Morgan fingerprint density at radius 2 is 1.77 bits per heavy atom. The fraction of sp³-hybridized carbons (Fsp3) is 0.324. The summed E-state index contributed by atoms with van der Waals surface area (Å²) in [6, 6.07) is 16.8. The summed E-state index contributed by atoms with van der Waals surface area (Å²) < 4.78 is 5.49. The molecule has 3 amide bonds. The van der Waals surface area contributed by atoms with Gasteiger partial charge in [-0.05, 0) is 87.1 Å². The maximum absolute atomic E-state index is 14.5. The van der Waals surface area contributed by atoms with Crippen LogP contribution in [0.5, 0.6) is 5.75 Å². The number of nitrogens with one attached hydrogen (secondary N) is 2. The van der Waals surface area contributed by atoms with Gasteiger partial charge < -0.3 is 25.4 Å². The van der Waals surface area contributed by atoms with Crippen molar-refractivity contribution in [2.45, 2.75) is 70.7 Å². The Kier molecular flexibility index (Phi) is 9.81. The van der Waals surface area contributed by atoms with E-state index in [1.807, 2.05) is 31.2 Å². The molecule has 1 aliphatic carbocycles. The number of phenolic OH excluding ortho intramolecular Hbond substituents is 1. The van der Waals surface area contributed by atoms with Gasteiger partial charge in [0.05, 0.1) is 10.7 Å². The van der Waals surface area contributed by atoms with E-state index in [9.17, 15) is 19.5 Å². The zero-order valence-electron chi connectivity index (χ0n) is 24.9. The van der Waals surface area contributed by atoms with Crippen LogP contribution in [0.3, 0.4) is 0 Å². The molecule has 8 nitrogen and oxygen atoms in total. The van der Waals surface area contributed by atoms with E-state index in [-0.39, 0.29) is 18.2 Å². The number of phenols is 1. The molecule has 3 aromatic rings. The molecule has 0 aliphatic heterocycles. The average Bonchev–Trinajstić information content (AvgIpc) is 3.78. The quantitative estimate of drug-likeness (QED) is 0.236. The summed E-state index contributed by atoms with van der Waals surface area (Å²) in [7, 11) is 0. The number of ether oxygens (including phenoxy) is 1. The van der Waals surface area contributed by atoms with E-state index in [0.29, 0.717) is 34.7 Å². The van der Waals surface area contributed by atoms with Gasteiger partial charge in [-0.1, -0.05) is 66.7 Å². The third-order valence-electron chi connectivity index (χ3n) is 7.02. The summed E-state index contributed by atoms with van der Waals surface area (Å²) >= 11 is 6.46. The van der Waals surface area contributed by atoms with Crippen molar-refractivity contribution < 1.29 is 24.2 Å². The molecule has 9 heteroatoms. The molecule has 1 fully saturated rings. The lowest BCUT2D eigenvalue weighted by atomic mass is 9.98. The number of hydrogen-bond donors (Lipinski definition) is 3. The minimum absolute atomic E-state index is 0.0834. The minimum atomic E-state index is -1.06. The molecular weight excluding hydrogens is 566 g/mol. The molecule has 1 aliphatic rings. The highest BCUT2D eigenvalue weighted by atomic mass is 35.5. The molecule has 1 saturated carbocycles. The first-order valence-corrected chi connectivity index (χ1v) is 14.6. The van der Waals surface area contributed by atoms with Crippen molar-refractivity contribution in [2.24, 2.45) is 0 Å². The van der Waals surface area contributed by atoms with E-state index in [1.54, 1.807) is 62.1 Å². The number of para-hydroxylation sites is 1. The Bertz CT molecular complexity index is 1470. The van der Waals surface area contributed by atoms with Crippen LogP contribution >= 0.6 is 11.6 Å². The van der Waals surface area contributed by atoms with Crippen LogP contribution in [0.2, 0.25) is 5.02 Å². The Morgan fingerprint density at radius 1 is 1.09 bits per heavy atom. The fourth-order valence-electron chi connectivity index (χ4n) is 4.84. The van der Waals surface area contributed by atoms with Gasteiger partial charge in [-0.15, -0.1) is 0 Å². The monoisotopic (exact) mass is 603 g/mol. The van der Waals surface area contributed by atoms with E-state index in [1.165, 1.54) is 12.1 Å². The van der Waals surface area contributed by atoms with Gasteiger partial charge in [0, 0.05) is 12.5 Å². The molecule has 0 aromatic heterocycles. The van der Waals surface area contributed by atoms with Crippen LogP contribution in [0.4, 0.5) is 10.5 Å². The summed E-state index contributed by atoms with van der Waals surface area (Å²) in [5.74, 6) is -0.778. The Balaban J connectivity index is 1.76. The number of anilines is 1. The number of benzene rings is 3. The molecule has 0 bridgehead atoms. The Labute approximate surface area is 257 Å².